The highest BCUT2D eigenvalue weighted by Gasteiger charge is 1.99. The van der Waals surface area contributed by atoms with Crippen molar-refractivity contribution in [1.29, 1.82) is 0 Å². The van der Waals surface area contributed by atoms with Crippen molar-refractivity contribution in [3.05, 3.63) is 41.8 Å². The van der Waals surface area contributed by atoms with Crippen LogP contribution in [-0.4, -0.2) is 25.3 Å². The Bertz CT molecular complexity index is 370. The molecule has 0 amide bonds. The van der Waals surface area contributed by atoms with E-state index in [0.29, 0.717) is 17.8 Å². The minimum Gasteiger partial charge on any atom is -0.452 e. The molecule has 0 atom stereocenters. The first-order chi connectivity index (χ1) is 7.11. The molecule has 0 radical (unpaired) electrons. The van der Waals surface area contributed by atoms with Crippen LogP contribution in [0.15, 0.2) is 36.2 Å². The fourth-order valence-corrected chi connectivity index (χ4v) is 1.15. The summed E-state index contributed by atoms with van der Waals surface area (Å²) in [6, 6.07) is 7.57. The van der Waals surface area contributed by atoms with Gasteiger partial charge in [-0.1, -0.05) is 12.1 Å². The zero-order valence-corrected chi connectivity index (χ0v) is 9.23. The monoisotopic (exact) mass is 205 g/mol. The molecule has 1 aromatic rings. The SMILES string of the molecule is Cc1cccc(OC(C=O)=CN(C)C)c1. The van der Waals surface area contributed by atoms with E-state index in [1.54, 1.807) is 11.1 Å². The maximum absolute atomic E-state index is 10.7. The van der Waals surface area contributed by atoms with Gasteiger partial charge in [-0.15, -0.1) is 0 Å². The van der Waals surface area contributed by atoms with E-state index in [0.717, 1.165) is 5.56 Å². The Morgan fingerprint density at radius 1 is 1.40 bits per heavy atom. The average Bonchev–Trinajstić information content (AvgIpc) is 2.16. The number of ether oxygens (including phenoxy) is 1. The van der Waals surface area contributed by atoms with Crippen LogP contribution in [0.4, 0.5) is 0 Å². The summed E-state index contributed by atoms with van der Waals surface area (Å²) < 4.78 is 5.41. The molecule has 3 heteroatoms. The lowest BCUT2D eigenvalue weighted by molar-refractivity contribution is -0.106. The van der Waals surface area contributed by atoms with Gasteiger partial charge in [0.15, 0.2) is 12.0 Å². The van der Waals surface area contributed by atoms with Crippen molar-refractivity contribution in [2.75, 3.05) is 14.1 Å². The van der Waals surface area contributed by atoms with Gasteiger partial charge in [-0.2, -0.15) is 0 Å². The summed E-state index contributed by atoms with van der Waals surface area (Å²) in [5.74, 6) is 0.973. The quantitative estimate of drug-likeness (QED) is 0.427. The van der Waals surface area contributed by atoms with Crippen LogP contribution in [0.2, 0.25) is 0 Å². The van der Waals surface area contributed by atoms with Crippen molar-refractivity contribution in [1.82, 2.24) is 4.90 Å². The Morgan fingerprint density at radius 2 is 2.13 bits per heavy atom. The summed E-state index contributed by atoms with van der Waals surface area (Å²) >= 11 is 0. The predicted molar refractivity (Wildman–Crippen MR) is 59.6 cm³/mol. The van der Waals surface area contributed by atoms with Gasteiger partial charge in [0.2, 0.25) is 0 Å². The van der Waals surface area contributed by atoms with Crippen LogP contribution in [0.5, 0.6) is 5.75 Å². The molecule has 15 heavy (non-hydrogen) atoms. The second kappa shape index (κ2) is 5.20. The molecule has 0 heterocycles. The van der Waals surface area contributed by atoms with Crippen molar-refractivity contribution in [2.24, 2.45) is 0 Å². The summed E-state index contributed by atoms with van der Waals surface area (Å²) in [4.78, 5) is 12.5. The van der Waals surface area contributed by atoms with E-state index in [4.69, 9.17) is 4.74 Å². The number of aryl methyl sites for hydroxylation is 1. The van der Waals surface area contributed by atoms with Crippen LogP contribution in [0, 0.1) is 6.92 Å². The lowest BCUT2D eigenvalue weighted by Crippen LogP contribution is -2.07. The van der Waals surface area contributed by atoms with E-state index in [-0.39, 0.29) is 0 Å². The van der Waals surface area contributed by atoms with Gasteiger partial charge in [0.25, 0.3) is 0 Å². The minimum absolute atomic E-state index is 0.297. The molecule has 0 bridgehead atoms. The highest BCUT2D eigenvalue weighted by molar-refractivity contribution is 5.70. The van der Waals surface area contributed by atoms with Crippen molar-refractivity contribution in [3.63, 3.8) is 0 Å². The molecule has 0 spiro atoms. The Labute approximate surface area is 90.0 Å². The number of aldehydes is 1. The van der Waals surface area contributed by atoms with Gasteiger partial charge in [0.05, 0.1) is 0 Å². The van der Waals surface area contributed by atoms with E-state index in [9.17, 15) is 4.79 Å². The number of allylic oxidation sites excluding steroid dienone is 1. The van der Waals surface area contributed by atoms with Gasteiger partial charge in [0.1, 0.15) is 5.75 Å². The van der Waals surface area contributed by atoms with E-state index < -0.39 is 0 Å². The fourth-order valence-electron chi connectivity index (χ4n) is 1.15. The number of carbonyl (C=O) groups is 1. The molecule has 0 aliphatic heterocycles. The molecule has 0 unspecified atom stereocenters. The number of rotatable bonds is 4. The van der Waals surface area contributed by atoms with Crippen LogP contribution < -0.4 is 4.74 Å². The van der Waals surface area contributed by atoms with E-state index in [1.165, 1.54) is 0 Å². The van der Waals surface area contributed by atoms with E-state index >= 15 is 0 Å². The highest BCUT2D eigenvalue weighted by atomic mass is 16.5. The lowest BCUT2D eigenvalue weighted by atomic mass is 10.2. The van der Waals surface area contributed by atoms with Crippen molar-refractivity contribution < 1.29 is 9.53 Å². The molecule has 0 N–H and O–H groups in total. The predicted octanol–water partition coefficient (Wildman–Crippen LogP) is 1.98. The number of hydrogen-bond donors (Lipinski definition) is 0. The molecule has 80 valence electrons. The molecule has 3 nitrogen and oxygen atoms in total. The Hall–Kier alpha value is -1.77. The van der Waals surface area contributed by atoms with Gasteiger partial charge >= 0.3 is 0 Å². The topological polar surface area (TPSA) is 29.5 Å². The van der Waals surface area contributed by atoms with E-state index in [2.05, 4.69) is 0 Å². The lowest BCUT2D eigenvalue weighted by Gasteiger charge is -2.09. The maximum Gasteiger partial charge on any atom is 0.186 e. The van der Waals surface area contributed by atoms with Crippen molar-refractivity contribution in [2.45, 2.75) is 6.92 Å². The summed E-state index contributed by atoms with van der Waals surface area (Å²) in [5.41, 5.74) is 1.10. The number of carbonyl (C=O) groups excluding carboxylic acids is 1. The summed E-state index contributed by atoms with van der Waals surface area (Å²) in [7, 11) is 3.67. The fraction of sp³-hybridized carbons (Fsp3) is 0.250. The maximum atomic E-state index is 10.7. The first-order valence-electron chi connectivity index (χ1n) is 4.70. The summed E-state index contributed by atoms with van der Waals surface area (Å²) in [5, 5.41) is 0. The van der Waals surface area contributed by atoms with Gasteiger partial charge in [-0.25, -0.2) is 0 Å². The molecule has 0 aliphatic carbocycles. The molecular formula is C12H15NO2. The Morgan fingerprint density at radius 3 is 2.67 bits per heavy atom. The minimum atomic E-state index is 0.297. The molecule has 1 rings (SSSR count). The molecular weight excluding hydrogens is 190 g/mol. The smallest absolute Gasteiger partial charge is 0.186 e. The third-order valence-electron chi connectivity index (χ3n) is 1.73. The van der Waals surface area contributed by atoms with Crippen LogP contribution in [0.1, 0.15) is 5.56 Å². The van der Waals surface area contributed by atoms with Gasteiger partial charge < -0.3 is 9.64 Å². The molecule has 0 aliphatic rings. The Kier molecular flexibility index (Phi) is 3.92. The van der Waals surface area contributed by atoms with Crippen molar-refractivity contribution in [3.8, 4) is 5.75 Å². The summed E-state index contributed by atoms with van der Waals surface area (Å²) in [6.07, 6.45) is 2.33. The van der Waals surface area contributed by atoms with Crippen LogP contribution in [0.25, 0.3) is 0 Å². The first kappa shape index (κ1) is 11.3. The molecule has 0 aromatic heterocycles. The van der Waals surface area contributed by atoms with Crippen LogP contribution in [0.3, 0.4) is 0 Å². The third kappa shape index (κ3) is 3.85. The molecule has 0 fully saturated rings. The zero-order valence-electron chi connectivity index (χ0n) is 9.23. The third-order valence-corrected chi connectivity index (χ3v) is 1.73. The van der Waals surface area contributed by atoms with Crippen LogP contribution >= 0.6 is 0 Å². The van der Waals surface area contributed by atoms with Crippen LogP contribution in [-0.2, 0) is 4.79 Å². The second-order valence-electron chi connectivity index (χ2n) is 3.53. The first-order valence-corrected chi connectivity index (χ1v) is 4.70. The largest absolute Gasteiger partial charge is 0.452 e. The zero-order chi connectivity index (χ0) is 11.3. The molecule has 1 aromatic carbocycles. The second-order valence-corrected chi connectivity index (χ2v) is 3.53. The molecule has 0 saturated heterocycles. The average molecular weight is 205 g/mol. The standard InChI is InChI=1S/C12H15NO2/c1-10-5-4-6-11(7-10)15-12(9-14)8-13(2)3/h4-9H,1-3H3. The number of benzene rings is 1. The Balaban J connectivity index is 2.80. The highest BCUT2D eigenvalue weighted by Crippen LogP contribution is 2.14. The van der Waals surface area contributed by atoms with E-state index in [1.807, 2.05) is 45.3 Å². The van der Waals surface area contributed by atoms with Gasteiger partial charge in [-0.3, -0.25) is 4.79 Å². The number of nitrogens with zero attached hydrogens (tertiary/aromatic N) is 1. The van der Waals surface area contributed by atoms with Crippen molar-refractivity contribution >= 4 is 6.29 Å². The normalized spacial score (nSPS) is 11.0. The molecule has 0 saturated carbocycles. The summed E-state index contributed by atoms with van der Waals surface area (Å²) in [6.45, 7) is 1.98. The number of hydrogen-bond acceptors (Lipinski definition) is 3. The van der Waals surface area contributed by atoms with Gasteiger partial charge in [0, 0.05) is 20.3 Å². The van der Waals surface area contributed by atoms with Gasteiger partial charge in [-0.05, 0) is 24.6 Å².